The van der Waals surface area contributed by atoms with Gasteiger partial charge in [0.2, 0.25) is 15.9 Å². The molecular weight excluding hydrogens is 398 g/mol. The SMILES string of the molecule is CC(C)NC(=O)CNC(=O)COC(=O)CCNS(=O)(=O)c1ccccc1Cl. The van der Waals surface area contributed by atoms with Crippen molar-refractivity contribution in [2.75, 3.05) is 19.7 Å². The van der Waals surface area contributed by atoms with Crippen LogP contribution in [0.2, 0.25) is 5.02 Å². The third-order valence-corrected chi connectivity index (χ3v) is 4.97. The fourth-order valence-corrected chi connectivity index (χ4v) is 3.40. The van der Waals surface area contributed by atoms with Crippen LogP contribution in [0.15, 0.2) is 29.2 Å². The van der Waals surface area contributed by atoms with Gasteiger partial charge in [-0.25, -0.2) is 13.1 Å². The number of esters is 1. The van der Waals surface area contributed by atoms with Crippen LogP contribution >= 0.6 is 11.6 Å². The molecule has 0 aliphatic carbocycles. The number of hydrogen-bond donors (Lipinski definition) is 3. The number of rotatable bonds is 10. The standard InChI is InChI=1S/C16H22ClN3O6S/c1-11(2)20-14(21)9-18-15(22)10-26-16(23)7-8-19-27(24,25)13-6-4-3-5-12(13)17/h3-6,11,19H,7-10H2,1-2H3,(H,18,22)(H,20,21). The van der Waals surface area contributed by atoms with E-state index in [2.05, 4.69) is 15.4 Å². The summed E-state index contributed by atoms with van der Waals surface area (Å²) < 4.78 is 31.1. The lowest BCUT2D eigenvalue weighted by Crippen LogP contribution is -2.41. The maximum absolute atomic E-state index is 12.1. The summed E-state index contributed by atoms with van der Waals surface area (Å²) in [5.41, 5.74) is 0. The van der Waals surface area contributed by atoms with Gasteiger partial charge in [-0.3, -0.25) is 14.4 Å². The molecule has 27 heavy (non-hydrogen) atoms. The second-order valence-electron chi connectivity index (χ2n) is 5.74. The Labute approximate surface area is 162 Å². The van der Waals surface area contributed by atoms with E-state index in [4.69, 9.17) is 16.3 Å². The molecule has 2 amide bonds. The van der Waals surface area contributed by atoms with Gasteiger partial charge < -0.3 is 15.4 Å². The van der Waals surface area contributed by atoms with Crippen molar-refractivity contribution in [2.45, 2.75) is 31.2 Å². The quantitative estimate of drug-likeness (QED) is 0.464. The fraction of sp³-hybridized carbons (Fsp3) is 0.438. The minimum absolute atomic E-state index is 0.0539. The van der Waals surface area contributed by atoms with E-state index in [1.54, 1.807) is 19.9 Å². The molecule has 1 rings (SSSR count). The highest BCUT2D eigenvalue weighted by Gasteiger charge is 2.17. The Morgan fingerprint density at radius 3 is 2.44 bits per heavy atom. The monoisotopic (exact) mass is 419 g/mol. The third-order valence-electron chi connectivity index (χ3n) is 3.01. The summed E-state index contributed by atoms with van der Waals surface area (Å²) >= 11 is 5.83. The molecule has 150 valence electrons. The van der Waals surface area contributed by atoms with Crippen molar-refractivity contribution in [1.82, 2.24) is 15.4 Å². The molecule has 0 radical (unpaired) electrons. The lowest BCUT2D eigenvalue weighted by molar-refractivity contribution is -0.148. The van der Waals surface area contributed by atoms with E-state index in [0.717, 1.165) is 0 Å². The Hall–Kier alpha value is -2.17. The van der Waals surface area contributed by atoms with Crippen LogP contribution in [-0.2, 0) is 29.1 Å². The smallest absolute Gasteiger partial charge is 0.307 e. The molecule has 1 aromatic carbocycles. The van der Waals surface area contributed by atoms with Gasteiger partial charge in [-0.05, 0) is 26.0 Å². The van der Waals surface area contributed by atoms with E-state index in [9.17, 15) is 22.8 Å². The highest BCUT2D eigenvalue weighted by molar-refractivity contribution is 7.89. The van der Waals surface area contributed by atoms with Crippen LogP contribution in [-0.4, -0.2) is 51.9 Å². The molecule has 0 heterocycles. The normalized spacial score (nSPS) is 11.1. The van der Waals surface area contributed by atoms with Crippen LogP contribution in [0, 0.1) is 0 Å². The Morgan fingerprint density at radius 2 is 1.81 bits per heavy atom. The van der Waals surface area contributed by atoms with Crippen LogP contribution in [0.3, 0.4) is 0 Å². The van der Waals surface area contributed by atoms with Crippen LogP contribution in [0.1, 0.15) is 20.3 Å². The van der Waals surface area contributed by atoms with E-state index in [1.165, 1.54) is 18.2 Å². The first kappa shape index (κ1) is 22.9. The lowest BCUT2D eigenvalue weighted by Gasteiger charge is -2.10. The van der Waals surface area contributed by atoms with Crippen molar-refractivity contribution in [3.05, 3.63) is 29.3 Å². The molecule has 0 aromatic heterocycles. The molecule has 3 N–H and O–H groups in total. The molecular formula is C16H22ClN3O6S. The number of halogens is 1. The molecule has 9 nitrogen and oxygen atoms in total. The van der Waals surface area contributed by atoms with Crippen molar-refractivity contribution >= 4 is 39.4 Å². The van der Waals surface area contributed by atoms with E-state index >= 15 is 0 Å². The van der Waals surface area contributed by atoms with Crippen LogP contribution in [0.25, 0.3) is 0 Å². The number of carbonyl (C=O) groups is 3. The predicted octanol–water partition coefficient (Wildman–Crippen LogP) is 0.192. The largest absolute Gasteiger partial charge is 0.456 e. The molecule has 0 aliphatic rings. The van der Waals surface area contributed by atoms with Gasteiger partial charge in [-0.1, -0.05) is 23.7 Å². The minimum Gasteiger partial charge on any atom is -0.456 e. The van der Waals surface area contributed by atoms with Crippen LogP contribution in [0.5, 0.6) is 0 Å². The predicted molar refractivity (Wildman–Crippen MR) is 98.5 cm³/mol. The van der Waals surface area contributed by atoms with Crippen molar-refractivity contribution in [3.63, 3.8) is 0 Å². The van der Waals surface area contributed by atoms with E-state index in [-0.39, 0.29) is 41.4 Å². The number of amides is 2. The summed E-state index contributed by atoms with van der Waals surface area (Å²) in [6.45, 7) is 2.55. The maximum Gasteiger partial charge on any atom is 0.307 e. The van der Waals surface area contributed by atoms with Crippen molar-refractivity contribution in [3.8, 4) is 0 Å². The van der Waals surface area contributed by atoms with Gasteiger partial charge in [0.15, 0.2) is 6.61 Å². The highest BCUT2D eigenvalue weighted by Crippen LogP contribution is 2.19. The van der Waals surface area contributed by atoms with Gasteiger partial charge in [0, 0.05) is 12.6 Å². The number of hydrogen-bond acceptors (Lipinski definition) is 6. The summed E-state index contributed by atoms with van der Waals surface area (Å²) in [6.07, 6.45) is -0.273. The van der Waals surface area contributed by atoms with Gasteiger partial charge in [0.1, 0.15) is 4.90 Å². The Balaban J connectivity index is 2.30. The Bertz CT molecular complexity index is 782. The van der Waals surface area contributed by atoms with E-state index in [1.807, 2.05) is 0 Å². The zero-order chi connectivity index (χ0) is 20.4. The molecule has 0 unspecified atom stereocenters. The second-order valence-corrected chi connectivity index (χ2v) is 7.88. The number of benzene rings is 1. The summed E-state index contributed by atoms with van der Waals surface area (Å²) in [5, 5.41) is 4.94. The minimum atomic E-state index is -3.86. The first-order chi connectivity index (χ1) is 12.6. The zero-order valence-electron chi connectivity index (χ0n) is 15.0. The number of nitrogens with one attached hydrogen (secondary N) is 3. The van der Waals surface area contributed by atoms with Crippen LogP contribution < -0.4 is 15.4 Å². The van der Waals surface area contributed by atoms with Gasteiger partial charge in [0.25, 0.3) is 5.91 Å². The zero-order valence-corrected chi connectivity index (χ0v) is 16.5. The summed E-state index contributed by atoms with van der Waals surface area (Å²) in [7, 11) is -3.86. The summed E-state index contributed by atoms with van der Waals surface area (Å²) in [6, 6.07) is 5.83. The van der Waals surface area contributed by atoms with Gasteiger partial charge >= 0.3 is 5.97 Å². The van der Waals surface area contributed by atoms with Crippen molar-refractivity contribution < 1.29 is 27.5 Å². The lowest BCUT2D eigenvalue weighted by atomic mass is 10.4. The van der Waals surface area contributed by atoms with Crippen molar-refractivity contribution in [1.29, 1.82) is 0 Å². The molecule has 11 heteroatoms. The topological polar surface area (TPSA) is 131 Å². The molecule has 0 fully saturated rings. The number of ether oxygens (including phenoxy) is 1. The average Bonchev–Trinajstić information content (AvgIpc) is 2.57. The molecule has 0 bridgehead atoms. The molecule has 0 saturated heterocycles. The first-order valence-electron chi connectivity index (χ1n) is 8.07. The number of carbonyl (C=O) groups excluding carboxylic acids is 3. The van der Waals surface area contributed by atoms with Gasteiger partial charge in [0.05, 0.1) is 18.0 Å². The third kappa shape index (κ3) is 8.85. The van der Waals surface area contributed by atoms with Crippen molar-refractivity contribution in [2.24, 2.45) is 0 Å². The molecule has 0 aliphatic heterocycles. The average molecular weight is 420 g/mol. The van der Waals surface area contributed by atoms with Gasteiger partial charge in [-0.15, -0.1) is 0 Å². The molecule has 0 atom stereocenters. The molecule has 0 saturated carbocycles. The molecule has 1 aromatic rings. The van der Waals surface area contributed by atoms with Crippen LogP contribution in [0.4, 0.5) is 0 Å². The summed E-state index contributed by atoms with van der Waals surface area (Å²) in [5.74, 6) is -1.77. The Kier molecular flexibility index (Phi) is 9.19. The molecule has 0 spiro atoms. The number of sulfonamides is 1. The highest BCUT2D eigenvalue weighted by atomic mass is 35.5. The van der Waals surface area contributed by atoms with E-state index < -0.39 is 28.5 Å². The summed E-state index contributed by atoms with van der Waals surface area (Å²) in [4.78, 5) is 34.3. The van der Waals surface area contributed by atoms with Gasteiger partial charge in [-0.2, -0.15) is 0 Å². The first-order valence-corrected chi connectivity index (χ1v) is 9.94. The van der Waals surface area contributed by atoms with E-state index in [0.29, 0.717) is 0 Å². The Morgan fingerprint density at radius 1 is 1.15 bits per heavy atom. The second kappa shape index (κ2) is 10.9. The maximum atomic E-state index is 12.1. The fourth-order valence-electron chi connectivity index (χ4n) is 1.85.